The van der Waals surface area contributed by atoms with Crippen LogP contribution in [0.1, 0.15) is 5.56 Å². The van der Waals surface area contributed by atoms with Gasteiger partial charge in [-0.2, -0.15) is 4.98 Å². The third kappa shape index (κ3) is 3.97. The molecule has 0 bridgehead atoms. The first-order valence-electron chi connectivity index (χ1n) is 4.48. The second-order valence-electron chi connectivity index (χ2n) is 3.21. The quantitative estimate of drug-likeness (QED) is 0.622. The van der Waals surface area contributed by atoms with Crippen LogP contribution in [0.3, 0.4) is 0 Å². The summed E-state index contributed by atoms with van der Waals surface area (Å²) in [6, 6.07) is 0.374. The van der Waals surface area contributed by atoms with Gasteiger partial charge in [0.05, 0.1) is 12.0 Å². The Morgan fingerprint density at radius 1 is 1.53 bits per heavy atom. The molecule has 2 N–H and O–H groups in total. The lowest BCUT2D eigenvalue weighted by atomic mass is 10.2. The normalized spacial score (nSPS) is 11.1. The van der Waals surface area contributed by atoms with E-state index in [1.54, 1.807) is 0 Å². The summed E-state index contributed by atoms with van der Waals surface area (Å²) >= 11 is 0. The number of hydrogen-bond donors (Lipinski definition) is 2. The summed E-state index contributed by atoms with van der Waals surface area (Å²) in [5, 5.41) is 19.0. The van der Waals surface area contributed by atoms with Gasteiger partial charge in [-0.3, -0.25) is 4.79 Å². The zero-order valence-electron chi connectivity index (χ0n) is 8.85. The first kappa shape index (κ1) is 14.5. The second-order valence-corrected chi connectivity index (χ2v) is 3.21. The zero-order chi connectivity index (χ0) is 14.8. The van der Waals surface area contributed by atoms with Crippen LogP contribution in [0.4, 0.5) is 19.0 Å². The van der Waals surface area contributed by atoms with Gasteiger partial charge >= 0.3 is 23.7 Å². The molecular weight excluding hydrogens is 277 g/mol. The molecule has 0 saturated carbocycles. The first-order chi connectivity index (χ1) is 8.60. The topological polar surface area (TPSA) is 123 Å². The standard InChI is InChI=1S/C8H5F3N2O6/c9-8(10,11)19-4-1-3(2-5(14)15)6(13(17)18)12-7(4)16/h1H,2H2,(H,12,16)(H,14,15). The number of hydrogen-bond acceptors (Lipinski definition) is 5. The van der Waals surface area contributed by atoms with E-state index in [1.807, 2.05) is 0 Å². The summed E-state index contributed by atoms with van der Waals surface area (Å²) in [4.78, 5) is 32.5. The fourth-order valence-electron chi connectivity index (χ4n) is 1.20. The number of nitro groups is 1. The van der Waals surface area contributed by atoms with Gasteiger partial charge in [-0.25, -0.2) is 4.79 Å². The van der Waals surface area contributed by atoms with Crippen LogP contribution in [-0.4, -0.2) is 27.3 Å². The number of carboxylic acids is 1. The van der Waals surface area contributed by atoms with Gasteiger partial charge in [0, 0.05) is 6.07 Å². The molecule has 11 heteroatoms. The summed E-state index contributed by atoms with van der Waals surface area (Å²) in [7, 11) is 0. The number of nitrogens with zero attached hydrogens (tertiary/aromatic N) is 1. The van der Waals surface area contributed by atoms with E-state index >= 15 is 0 Å². The molecule has 0 aliphatic rings. The van der Waals surface area contributed by atoms with Crippen molar-refractivity contribution in [1.29, 1.82) is 0 Å². The highest BCUT2D eigenvalue weighted by molar-refractivity contribution is 5.71. The van der Waals surface area contributed by atoms with Gasteiger partial charge in [0.1, 0.15) is 0 Å². The molecule has 0 fully saturated rings. The Bertz CT molecular complexity index is 579. The average Bonchev–Trinajstić information content (AvgIpc) is 2.19. The van der Waals surface area contributed by atoms with E-state index in [0.29, 0.717) is 6.07 Å². The van der Waals surface area contributed by atoms with Crippen molar-refractivity contribution in [2.45, 2.75) is 12.8 Å². The van der Waals surface area contributed by atoms with Crippen LogP contribution in [0.25, 0.3) is 0 Å². The minimum atomic E-state index is -5.18. The Kier molecular flexibility index (Phi) is 3.77. The number of halogens is 3. The molecule has 0 spiro atoms. The molecule has 0 aliphatic carbocycles. The molecule has 0 aliphatic heterocycles. The Hall–Kier alpha value is -2.59. The summed E-state index contributed by atoms with van der Waals surface area (Å²) in [6.07, 6.45) is -6.12. The zero-order valence-corrected chi connectivity index (χ0v) is 8.85. The first-order valence-corrected chi connectivity index (χ1v) is 4.48. The number of carbonyl (C=O) groups is 1. The minimum absolute atomic E-state index is 0.374. The summed E-state index contributed by atoms with van der Waals surface area (Å²) < 4.78 is 39.2. The fraction of sp³-hybridized carbons (Fsp3) is 0.250. The Morgan fingerprint density at radius 2 is 2.11 bits per heavy atom. The summed E-state index contributed by atoms with van der Waals surface area (Å²) in [6.45, 7) is 0. The Labute approximate surface area is 101 Å². The van der Waals surface area contributed by atoms with Crippen LogP contribution in [0, 0.1) is 10.1 Å². The van der Waals surface area contributed by atoms with Crippen molar-refractivity contribution >= 4 is 11.8 Å². The number of aliphatic carboxylic acids is 1. The highest BCUT2D eigenvalue weighted by atomic mass is 19.4. The van der Waals surface area contributed by atoms with Crippen molar-refractivity contribution in [2.75, 3.05) is 0 Å². The lowest BCUT2D eigenvalue weighted by Gasteiger charge is -2.08. The van der Waals surface area contributed by atoms with E-state index in [2.05, 4.69) is 4.74 Å². The molecular formula is C8H5F3N2O6. The van der Waals surface area contributed by atoms with Crippen LogP contribution < -0.4 is 10.3 Å². The van der Waals surface area contributed by atoms with Gasteiger partial charge < -0.3 is 20.0 Å². The molecule has 0 radical (unpaired) electrons. The number of nitrogens with one attached hydrogen (secondary N) is 1. The van der Waals surface area contributed by atoms with Crippen molar-refractivity contribution in [3.63, 3.8) is 0 Å². The predicted molar refractivity (Wildman–Crippen MR) is 51.7 cm³/mol. The lowest BCUT2D eigenvalue weighted by Crippen LogP contribution is -2.24. The molecule has 0 aromatic carbocycles. The van der Waals surface area contributed by atoms with Gasteiger partial charge in [-0.15, -0.1) is 13.2 Å². The molecule has 0 unspecified atom stereocenters. The van der Waals surface area contributed by atoms with Crippen LogP contribution in [-0.2, 0) is 11.2 Å². The Balaban J connectivity index is 3.33. The summed E-state index contributed by atoms with van der Waals surface area (Å²) in [5.74, 6) is -3.79. The van der Waals surface area contributed by atoms with Gasteiger partial charge in [-0.05, 0) is 4.92 Å². The maximum Gasteiger partial charge on any atom is 0.573 e. The number of pyridine rings is 1. The van der Waals surface area contributed by atoms with Crippen LogP contribution in [0.2, 0.25) is 0 Å². The molecule has 0 amide bonds. The number of aromatic amines is 1. The molecule has 0 saturated heterocycles. The van der Waals surface area contributed by atoms with Gasteiger partial charge in [0.15, 0.2) is 0 Å². The number of alkyl halides is 3. The monoisotopic (exact) mass is 282 g/mol. The maximum atomic E-state index is 11.9. The predicted octanol–water partition coefficient (Wildman–Crippen LogP) is 0.809. The molecule has 1 heterocycles. The highest BCUT2D eigenvalue weighted by Gasteiger charge is 2.34. The van der Waals surface area contributed by atoms with Crippen LogP contribution >= 0.6 is 0 Å². The SMILES string of the molecule is O=C(O)Cc1cc(OC(F)(F)F)c(=O)[nH]c1[N+](=O)[O-]. The molecule has 8 nitrogen and oxygen atoms in total. The van der Waals surface area contributed by atoms with Crippen molar-refractivity contribution in [3.8, 4) is 5.75 Å². The third-order valence-corrected chi connectivity index (χ3v) is 1.82. The highest BCUT2D eigenvalue weighted by Crippen LogP contribution is 2.23. The van der Waals surface area contributed by atoms with Crippen molar-refractivity contribution in [2.24, 2.45) is 0 Å². The lowest BCUT2D eigenvalue weighted by molar-refractivity contribution is -0.390. The van der Waals surface area contributed by atoms with E-state index in [1.165, 1.54) is 4.98 Å². The van der Waals surface area contributed by atoms with Gasteiger partial charge in [-0.1, -0.05) is 0 Å². The van der Waals surface area contributed by atoms with Crippen molar-refractivity contribution < 1.29 is 32.7 Å². The summed E-state index contributed by atoms with van der Waals surface area (Å²) in [5.41, 5.74) is -2.10. The number of carboxylic acid groups (broad SMARTS) is 1. The minimum Gasteiger partial charge on any atom is -0.481 e. The third-order valence-electron chi connectivity index (χ3n) is 1.82. The smallest absolute Gasteiger partial charge is 0.481 e. The van der Waals surface area contributed by atoms with Crippen molar-refractivity contribution in [3.05, 3.63) is 32.1 Å². The van der Waals surface area contributed by atoms with Gasteiger partial charge in [0.2, 0.25) is 5.75 Å². The molecule has 1 aromatic heterocycles. The number of H-pyrrole nitrogens is 1. The largest absolute Gasteiger partial charge is 0.573 e. The number of aromatic nitrogens is 1. The average molecular weight is 282 g/mol. The number of ether oxygens (including phenoxy) is 1. The molecule has 0 atom stereocenters. The van der Waals surface area contributed by atoms with Crippen molar-refractivity contribution in [1.82, 2.24) is 4.98 Å². The molecule has 1 rings (SSSR count). The Morgan fingerprint density at radius 3 is 2.53 bits per heavy atom. The fourth-order valence-corrected chi connectivity index (χ4v) is 1.20. The second kappa shape index (κ2) is 4.96. The molecule has 1 aromatic rings. The van der Waals surface area contributed by atoms with E-state index in [4.69, 9.17) is 5.11 Å². The van der Waals surface area contributed by atoms with Crippen LogP contribution in [0.5, 0.6) is 5.75 Å². The van der Waals surface area contributed by atoms with Gasteiger partial charge in [0.25, 0.3) is 0 Å². The maximum absolute atomic E-state index is 11.9. The molecule has 104 valence electrons. The van der Waals surface area contributed by atoms with E-state index in [9.17, 15) is 32.9 Å². The number of rotatable bonds is 4. The van der Waals surface area contributed by atoms with E-state index in [-0.39, 0.29) is 0 Å². The van der Waals surface area contributed by atoms with E-state index < -0.39 is 46.4 Å². The van der Waals surface area contributed by atoms with E-state index in [0.717, 1.165) is 0 Å². The molecule has 19 heavy (non-hydrogen) atoms. The van der Waals surface area contributed by atoms with Crippen LogP contribution in [0.15, 0.2) is 10.9 Å².